The lowest BCUT2D eigenvalue weighted by atomic mass is 9.99. The van der Waals surface area contributed by atoms with Crippen LogP contribution in [0.5, 0.6) is 0 Å². The number of rotatable bonds is 13. The summed E-state index contributed by atoms with van der Waals surface area (Å²) in [6, 6.07) is 16.8. The lowest BCUT2D eigenvalue weighted by Gasteiger charge is -2.32. The molecule has 0 bridgehead atoms. The lowest BCUT2D eigenvalue weighted by molar-refractivity contribution is -0.143. The number of carboxylic acids is 1. The molecule has 1 aliphatic heterocycles. The van der Waals surface area contributed by atoms with Gasteiger partial charge in [0.2, 0.25) is 11.8 Å². The van der Waals surface area contributed by atoms with Crippen LogP contribution in [0.25, 0.3) is 10.8 Å². The zero-order valence-electron chi connectivity index (χ0n) is 23.9. The number of hydrogen-bond acceptors (Lipinski definition) is 6. The summed E-state index contributed by atoms with van der Waals surface area (Å²) >= 11 is 0. The highest BCUT2D eigenvalue weighted by atomic mass is 16.4. The molecule has 0 aromatic heterocycles. The minimum atomic E-state index is -1.24. The molecule has 42 heavy (non-hydrogen) atoms. The predicted octanol–water partition coefficient (Wildman–Crippen LogP) is 2.84. The van der Waals surface area contributed by atoms with Crippen molar-refractivity contribution in [2.75, 3.05) is 13.6 Å². The van der Waals surface area contributed by atoms with Crippen molar-refractivity contribution >= 4 is 40.4 Å². The van der Waals surface area contributed by atoms with Crippen LogP contribution in [0.4, 0.5) is 0 Å². The van der Waals surface area contributed by atoms with Gasteiger partial charge < -0.3 is 15.7 Å². The largest absolute Gasteiger partial charge is 0.480 e. The number of nitrogens with one attached hydrogen (secondary N) is 1. The first-order chi connectivity index (χ1) is 20.0. The molecule has 4 N–H and O–H groups in total. The SMILES string of the molecule is CC(C)C[C@H](N[C@H](CCN1C(=O)c2cc3ccccc3cc2C1=O)C(=O)O)C(=O)N(C)[C@@H](Cc1ccccc1)C(N)=O. The number of hydrogen-bond donors (Lipinski definition) is 3. The molecule has 3 atom stereocenters. The minimum absolute atomic E-state index is 0.0146. The smallest absolute Gasteiger partial charge is 0.320 e. The first kappa shape index (κ1) is 30.4. The Labute approximate surface area is 244 Å². The highest BCUT2D eigenvalue weighted by Crippen LogP contribution is 2.28. The van der Waals surface area contributed by atoms with Gasteiger partial charge in [-0.25, -0.2) is 0 Å². The average molecular weight is 573 g/mol. The molecule has 3 aromatic carbocycles. The fourth-order valence-corrected chi connectivity index (χ4v) is 5.34. The van der Waals surface area contributed by atoms with Crippen LogP contribution in [0.3, 0.4) is 0 Å². The van der Waals surface area contributed by atoms with E-state index in [-0.39, 0.29) is 36.4 Å². The summed E-state index contributed by atoms with van der Waals surface area (Å²) in [5.74, 6) is -3.32. The zero-order chi connectivity index (χ0) is 30.6. The molecule has 4 rings (SSSR count). The molecule has 0 spiro atoms. The Bertz CT molecular complexity index is 1450. The van der Waals surface area contributed by atoms with Gasteiger partial charge >= 0.3 is 5.97 Å². The Kier molecular flexibility index (Phi) is 9.37. The van der Waals surface area contributed by atoms with Crippen LogP contribution in [0.2, 0.25) is 0 Å². The summed E-state index contributed by atoms with van der Waals surface area (Å²) in [6.07, 6.45) is 0.391. The summed E-state index contributed by atoms with van der Waals surface area (Å²) in [7, 11) is 1.48. The molecule has 1 heterocycles. The van der Waals surface area contributed by atoms with Gasteiger partial charge in [-0.1, -0.05) is 68.4 Å². The van der Waals surface area contributed by atoms with Gasteiger partial charge in [0.25, 0.3) is 11.8 Å². The number of nitrogens with two attached hydrogens (primary N) is 1. The van der Waals surface area contributed by atoms with Gasteiger partial charge in [-0.15, -0.1) is 0 Å². The van der Waals surface area contributed by atoms with E-state index < -0.39 is 47.7 Å². The Morgan fingerprint density at radius 3 is 1.95 bits per heavy atom. The molecule has 0 fully saturated rings. The predicted molar refractivity (Wildman–Crippen MR) is 158 cm³/mol. The number of nitrogens with zero attached hydrogens (tertiary/aromatic N) is 2. The Morgan fingerprint density at radius 1 is 0.905 bits per heavy atom. The molecule has 220 valence electrons. The molecular weight excluding hydrogens is 536 g/mol. The van der Waals surface area contributed by atoms with E-state index in [1.54, 1.807) is 12.1 Å². The second kappa shape index (κ2) is 12.9. The number of benzene rings is 3. The van der Waals surface area contributed by atoms with E-state index in [9.17, 15) is 29.1 Å². The van der Waals surface area contributed by atoms with Crippen LogP contribution in [0.1, 0.15) is 53.0 Å². The number of carbonyl (C=O) groups excluding carboxylic acids is 4. The average Bonchev–Trinajstić information content (AvgIpc) is 3.19. The van der Waals surface area contributed by atoms with Crippen LogP contribution < -0.4 is 11.1 Å². The van der Waals surface area contributed by atoms with Crippen molar-refractivity contribution in [2.45, 2.75) is 51.2 Å². The van der Waals surface area contributed by atoms with Crippen LogP contribution >= 0.6 is 0 Å². The zero-order valence-corrected chi connectivity index (χ0v) is 23.9. The second-order valence-corrected chi connectivity index (χ2v) is 11.1. The van der Waals surface area contributed by atoms with Crippen molar-refractivity contribution in [1.29, 1.82) is 0 Å². The van der Waals surface area contributed by atoms with E-state index in [2.05, 4.69) is 5.32 Å². The summed E-state index contributed by atoms with van der Waals surface area (Å²) in [4.78, 5) is 66.8. The maximum Gasteiger partial charge on any atom is 0.320 e. The number of amides is 4. The van der Waals surface area contributed by atoms with E-state index >= 15 is 0 Å². The molecule has 3 aromatic rings. The first-order valence-corrected chi connectivity index (χ1v) is 14.0. The first-order valence-electron chi connectivity index (χ1n) is 14.0. The molecular formula is C32H36N4O6. The number of carboxylic acid groups (broad SMARTS) is 1. The van der Waals surface area contributed by atoms with Crippen LogP contribution in [0, 0.1) is 5.92 Å². The number of imide groups is 1. The number of aliphatic carboxylic acids is 1. The van der Waals surface area contributed by atoms with Gasteiger partial charge in [-0.05, 0) is 47.2 Å². The molecule has 0 saturated heterocycles. The summed E-state index contributed by atoms with van der Waals surface area (Å²) in [5, 5.41) is 14.6. The van der Waals surface area contributed by atoms with Crippen molar-refractivity contribution in [3.8, 4) is 0 Å². The standard InChI is InChI=1S/C32H36N4O6/c1-19(2)15-26(31(40)35(3)27(28(33)37)16-20-9-5-4-6-10-20)34-25(32(41)42)13-14-36-29(38)23-17-21-11-7-8-12-22(21)18-24(23)30(36)39/h4-12,17-19,25-27,34H,13-16H2,1-3H3,(H2,33,37)(H,41,42)/t25-,26+,27+/m1/s1. The fraction of sp³-hybridized carbons (Fsp3) is 0.344. The van der Waals surface area contributed by atoms with E-state index in [0.717, 1.165) is 21.2 Å². The normalized spacial score (nSPS) is 15.0. The Balaban J connectivity index is 1.49. The quantitative estimate of drug-likeness (QED) is 0.267. The van der Waals surface area contributed by atoms with Crippen molar-refractivity contribution in [3.63, 3.8) is 0 Å². The van der Waals surface area contributed by atoms with Crippen molar-refractivity contribution in [2.24, 2.45) is 11.7 Å². The van der Waals surface area contributed by atoms with Crippen LogP contribution in [0.15, 0.2) is 66.7 Å². The molecule has 0 unspecified atom stereocenters. The molecule has 0 aliphatic carbocycles. The minimum Gasteiger partial charge on any atom is -0.480 e. The summed E-state index contributed by atoms with van der Waals surface area (Å²) in [6.45, 7) is 3.65. The number of fused-ring (bicyclic) bond motifs is 2. The third-order valence-electron chi connectivity index (χ3n) is 7.60. The number of carbonyl (C=O) groups is 5. The highest BCUT2D eigenvalue weighted by Gasteiger charge is 2.38. The van der Waals surface area contributed by atoms with Crippen molar-refractivity contribution < 1.29 is 29.1 Å². The van der Waals surface area contributed by atoms with Gasteiger partial charge in [0.1, 0.15) is 12.1 Å². The van der Waals surface area contributed by atoms with Crippen molar-refractivity contribution in [1.82, 2.24) is 15.1 Å². The maximum atomic E-state index is 13.6. The van der Waals surface area contributed by atoms with E-state index in [4.69, 9.17) is 5.73 Å². The second-order valence-electron chi connectivity index (χ2n) is 11.1. The highest BCUT2D eigenvalue weighted by molar-refractivity contribution is 6.23. The molecule has 0 radical (unpaired) electrons. The molecule has 10 nitrogen and oxygen atoms in total. The monoisotopic (exact) mass is 572 g/mol. The topological polar surface area (TPSA) is 150 Å². The number of likely N-dealkylation sites (N-methyl/N-ethyl adjacent to an activating group) is 1. The summed E-state index contributed by atoms with van der Waals surface area (Å²) < 4.78 is 0. The van der Waals surface area contributed by atoms with Crippen LogP contribution in [-0.2, 0) is 20.8 Å². The Hall–Kier alpha value is -4.57. The molecule has 1 aliphatic rings. The van der Waals surface area contributed by atoms with E-state index in [0.29, 0.717) is 6.42 Å². The molecule has 4 amide bonds. The lowest BCUT2D eigenvalue weighted by Crippen LogP contribution is -2.56. The fourth-order valence-electron chi connectivity index (χ4n) is 5.34. The van der Waals surface area contributed by atoms with E-state index in [1.165, 1.54) is 11.9 Å². The molecule has 10 heteroatoms. The van der Waals surface area contributed by atoms with E-state index in [1.807, 2.05) is 68.4 Å². The van der Waals surface area contributed by atoms with Gasteiger partial charge in [0.05, 0.1) is 17.2 Å². The van der Waals surface area contributed by atoms with Gasteiger partial charge in [-0.3, -0.25) is 34.2 Å². The third-order valence-corrected chi connectivity index (χ3v) is 7.60. The van der Waals surface area contributed by atoms with Gasteiger partial charge in [0.15, 0.2) is 0 Å². The molecule has 0 saturated carbocycles. The Morgan fingerprint density at radius 2 is 1.45 bits per heavy atom. The number of primary amides is 1. The maximum absolute atomic E-state index is 13.6. The third kappa shape index (κ3) is 6.66. The van der Waals surface area contributed by atoms with Gasteiger partial charge in [-0.2, -0.15) is 0 Å². The van der Waals surface area contributed by atoms with Crippen molar-refractivity contribution in [3.05, 3.63) is 83.4 Å². The van der Waals surface area contributed by atoms with Crippen LogP contribution in [-0.4, -0.2) is 76.2 Å². The summed E-state index contributed by atoms with van der Waals surface area (Å²) in [5.41, 5.74) is 7.06. The van der Waals surface area contributed by atoms with Gasteiger partial charge in [0, 0.05) is 20.0 Å².